The topological polar surface area (TPSA) is 53.0 Å². The molecule has 0 unspecified atom stereocenters. The molecule has 0 aromatic carbocycles. The van der Waals surface area contributed by atoms with Gasteiger partial charge in [-0.25, -0.2) is 8.78 Å². The second-order valence-corrected chi connectivity index (χ2v) is 1.77. The molecule has 0 amide bonds. The van der Waals surface area contributed by atoms with Crippen molar-refractivity contribution in [3.05, 3.63) is 29.6 Å². The average molecular weight is 158 g/mol. The van der Waals surface area contributed by atoms with Crippen molar-refractivity contribution in [2.45, 2.75) is 0 Å². The number of halogens is 2. The molecule has 0 N–H and O–H groups in total. The van der Waals surface area contributed by atoms with E-state index >= 15 is 0 Å². The van der Waals surface area contributed by atoms with Crippen LogP contribution in [0.3, 0.4) is 0 Å². The van der Waals surface area contributed by atoms with Crippen LogP contribution in [0.2, 0.25) is 0 Å². The van der Waals surface area contributed by atoms with Gasteiger partial charge in [0.05, 0.1) is 23.9 Å². The Balaban J connectivity index is 3.32. The van der Waals surface area contributed by atoms with Crippen LogP contribution >= 0.6 is 0 Å². The van der Waals surface area contributed by atoms with Crippen LogP contribution in [0.1, 0.15) is 10.4 Å². The van der Waals surface area contributed by atoms with E-state index in [1.165, 1.54) is 0 Å². The second-order valence-electron chi connectivity index (χ2n) is 1.77. The summed E-state index contributed by atoms with van der Waals surface area (Å²) in [6, 6.07) is 0. The lowest BCUT2D eigenvalue weighted by Gasteiger charge is -2.02. The summed E-state index contributed by atoms with van der Waals surface area (Å²) in [7, 11) is 0. The standard InChI is InChI=1S/C6H3F2NO2/c7-3-1-9-2-4(8)5(3)6(10)11/h1-2H,(H,10,11)/p-1. The van der Waals surface area contributed by atoms with Crippen molar-refractivity contribution in [1.29, 1.82) is 0 Å². The molecule has 11 heavy (non-hydrogen) atoms. The molecule has 0 atom stereocenters. The molecule has 1 aromatic rings. The molecule has 58 valence electrons. The third kappa shape index (κ3) is 1.31. The van der Waals surface area contributed by atoms with Gasteiger partial charge in [-0.05, 0) is 0 Å². The fourth-order valence-electron chi connectivity index (χ4n) is 0.606. The number of hydrogen-bond acceptors (Lipinski definition) is 3. The van der Waals surface area contributed by atoms with Gasteiger partial charge in [-0.3, -0.25) is 4.98 Å². The zero-order valence-corrected chi connectivity index (χ0v) is 5.17. The van der Waals surface area contributed by atoms with Crippen LogP contribution in [0.4, 0.5) is 8.78 Å². The highest BCUT2D eigenvalue weighted by Gasteiger charge is 2.08. The Bertz CT molecular complexity index is 280. The number of carbonyl (C=O) groups excluding carboxylic acids is 1. The number of aromatic nitrogens is 1. The van der Waals surface area contributed by atoms with Gasteiger partial charge in [0.2, 0.25) is 0 Å². The molecule has 1 heterocycles. The van der Waals surface area contributed by atoms with Gasteiger partial charge in [0, 0.05) is 0 Å². The molecule has 0 fully saturated rings. The molecule has 1 rings (SSSR count). The summed E-state index contributed by atoms with van der Waals surface area (Å²) in [5.74, 6) is -4.35. The number of rotatable bonds is 1. The van der Waals surface area contributed by atoms with E-state index < -0.39 is 23.2 Å². The first kappa shape index (κ1) is 7.59. The minimum Gasteiger partial charge on any atom is -0.545 e. The lowest BCUT2D eigenvalue weighted by molar-refractivity contribution is -0.255. The molecule has 0 aliphatic rings. The number of carbonyl (C=O) groups is 1. The van der Waals surface area contributed by atoms with E-state index in [4.69, 9.17) is 0 Å². The first-order valence-electron chi connectivity index (χ1n) is 2.63. The van der Waals surface area contributed by atoms with Gasteiger partial charge in [-0.1, -0.05) is 0 Å². The van der Waals surface area contributed by atoms with Gasteiger partial charge in [0.1, 0.15) is 0 Å². The molecule has 0 aliphatic carbocycles. The van der Waals surface area contributed by atoms with Gasteiger partial charge in [0.15, 0.2) is 11.6 Å². The fourth-order valence-corrected chi connectivity index (χ4v) is 0.606. The third-order valence-electron chi connectivity index (χ3n) is 1.06. The zero-order chi connectivity index (χ0) is 8.43. The van der Waals surface area contributed by atoms with Crippen LogP contribution in [0.15, 0.2) is 12.4 Å². The molecular weight excluding hydrogens is 156 g/mol. The van der Waals surface area contributed by atoms with Gasteiger partial charge in [-0.15, -0.1) is 0 Å². The molecule has 0 bridgehead atoms. The van der Waals surface area contributed by atoms with Crippen molar-refractivity contribution in [2.75, 3.05) is 0 Å². The quantitative estimate of drug-likeness (QED) is 0.565. The van der Waals surface area contributed by atoms with Crippen LogP contribution in [0.5, 0.6) is 0 Å². The smallest absolute Gasteiger partial charge is 0.153 e. The van der Waals surface area contributed by atoms with E-state index in [9.17, 15) is 18.7 Å². The summed E-state index contributed by atoms with van der Waals surface area (Å²) in [5.41, 5.74) is -1.08. The lowest BCUT2D eigenvalue weighted by atomic mass is 10.2. The summed E-state index contributed by atoms with van der Waals surface area (Å²) >= 11 is 0. The number of aromatic carboxylic acids is 1. The highest BCUT2D eigenvalue weighted by atomic mass is 19.1. The van der Waals surface area contributed by atoms with Crippen molar-refractivity contribution >= 4 is 5.97 Å². The van der Waals surface area contributed by atoms with E-state index in [0.717, 1.165) is 0 Å². The van der Waals surface area contributed by atoms with Gasteiger partial charge in [-0.2, -0.15) is 0 Å². The van der Waals surface area contributed by atoms with Crippen molar-refractivity contribution in [1.82, 2.24) is 4.98 Å². The first-order chi connectivity index (χ1) is 5.13. The molecule has 0 saturated heterocycles. The monoisotopic (exact) mass is 158 g/mol. The molecule has 3 nitrogen and oxygen atoms in total. The lowest BCUT2D eigenvalue weighted by Crippen LogP contribution is -2.25. The number of nitrogens with zero attached hydrogens (tertiary/aromatic N) is 1. The molecule has 5 heteroatoms. The predicted molar refractivity (Wildman–Crippen MR) is 28.5 cm³/mol. The highest BCUT2D eigenvalue weighted by molar-refractivity contribution is 5.86. The average Bonchev–Trinajstić information content (AvgIpc) is 1.85. The molecule has 1 aromatic heterocycles. The van der Waals surface area contributed by atoms with Crippen molar-refractivity contribution in [3.8, 4) is 0 Å². The highest BCUT2D eigenvalue weighted by Crippen LogP contribution is 2.07. The van der Waals surface area contributed by atoms with Crippen LogP contribution in [0, 0.1) is 11.6 Å². The molecular formula is C6H2F2NO2-. The van der Waals surface area contributed by atoms with E-state index in [1.807, 2.05) is 0 Å². The second kappa shape index (κ2) is 2.61. The summed E-state index contributed by atoms with van der Waals surface area (Å²) in [6.07, 6.45) is 1.21. The Kier molecular flexibility index (Phi) is 1.80. The Labute approximate surface area is 60.3 Å². The number of hydrogen-bond donors (Lipinski definition) is 0. The first-order valence-corrected chi connectivity index (χ1v) is 2.63. The van der Waals surface area contributed by atoms with Gasteiger partial charge in [0.25, 0.3) is 0 Å². The summed E-state index contributed by atoms with van der Waals surface area (Å²) in [5, 5.41) is 10.0. The van der Waals surface area contributed by atoms with Crippen molar-refractivity contribution < 1.29 is 18.7 Å². The number of carboxylic acid groups (broad SMARTS) is 1. The van der Waals surface area contributed by atoms with Gasteiger partial charge >= 0.3 is 0 Å². The van der Waals surface area contributed by atoms with Crippen LogP contribution < -0.4 is 5.11 Å². The number of carboxylic acids is 1. The van der Waals surface area contributed by atoms with E-state index in [-0.39, 0.29) is 0 Å². The SMILES string of the molecule is O=C([O-])c1c(F)cncc1F. The molecule has 0 radical (unpaired) electrons. The molecule has 0 saturated carbocycles. The normalized spacial score (nSPS) is 9.64. The van der Waals surface area contributed by atoms with E-state index in [0.29, 0.717) is 12.4 Å². The van der Waals surface area contributed by atoms with Crippen LogP contribution in [-0.2, 0) is 0 Å². The Hall–Kier alpha value is -1.52. The minimum atomic E-state index is -1.89. The Morgan fingerprint density at radius 3 is 2.09 bits per heavy atom. The summed E-state index contributed by atoms with van der Waals surface area (Å²) in [4.78, 5) is 13.1. The molecule has 0 spiro atoms. The minimum absolute atomic E-state index is 0.605. The van der Waals surface area contributed by atoms with Gasteiger partial charge < -0.3 is 9.90 Å². The third-order valence-corrected chi connectivity index (χ3v) is 1.06. The Morgan fingerprint density at radius 2 is 1.82 bits per heavy atom. The fraction of sp³-hybridized carbons (Fsp3) is 0. The van der Waals surface area contributed by atoms with Crippen LogP contribution in [-0.4, -0.2) is 11.0 Å². The maximum atomic E-state index is 12.4. The number of pyridine rings is 1. The zero-order valence-electron chi connectivity index (χ0n) is 5.17. The maximum Gasteiger partial charge on any atom is 0.153 e. The molecule has 0 aliphatic heterocycles. The maximum absolute atomic E-state index is 12.4. The Morgan fingerprint density at radius 1 is 1.36 bits per heavy atom. The summed E-state index contributed by atoms with van der Waals surface area (Å²) in [6.45, 7) is 0. The van der Waals surface area contributed by atoms with E-state index in [1.54, 1.807) is 0 Å². The van der Waals surface area contributed by atoms with Crippen LogP contribution in [0.25, 0.3) is 0 Å². The van der Waals surface area contributed by atoms with Crippen molar-refractivity contribution in [2.24, 2.45) is 0 Å². The summed E-state index contributed by atoms with van der Waals surface area (Å²) < 4.78 is 24.8. The largest absolute Gasteiger partial charge is 0.545 e. The van der Waals surface area contributed by atoms with E-state index in [2.05, 4.69) is 4.98 Å². The predicted octanol–water partition coefficient (Wildman–Crippen LogP) is -0.277. The van der Waals surface area contributed by atoms with Crippen molar-refractivity contribution in [3.63, 3.8) is 0 Å².